The molecule has 0 bridgehead atoms. The number of aromatic nitrogens is 1. The summed E-state index contributed by atoms with van der Waals surface area (Å²) >= 11 is 6.14. The van der Waals surface area contributed by atoms with Gasteiger partial charge in [0.1, 0.15) is 5.82 Å². The molecule has 102 valence electrons. The maximum atomic E-state index is 6.14. The molecule has 0 aliphatic heterocycles. The molecule has 1 aromatic heterocycles. The molecule has 3 nitrogen and oxygen atoms in total. The third-order valence-corrected chi connectivity index (χ3v) is 3.09. The highest BCUT2D eigenvalue weighted by molar-refractivity contribution is 6.21. The Morgan fingerprint density at radius 3 is 2.50 bits per heavy atom. The second kappa shape index (κ2) is 6.39. The summed E-state index contributed by atoms with van der Waals surface area (Å²) in [5, 5.41) is -0.0240. The van der Waals surface area contributed by atoms with Gasteiger partial charge in [-0.3, -0.25) is 0 Å². The molecule has 0 fully saturated rings. The molecule has 0 saturated heterocycles. The van der Waals surface area contributed by atoms with Crippen molar-refractivity contribution in [2.75, 3.05) is 32.2 Å². The lowest BCUT2D eigenvalue weighted by Gasteiger charge is -2.23. The molecule has 0 aliphatic rings. The number of pyridine rings is 1. The number of alkyl halides is 1. The summed E-state index contributed by atoms with van der Waals surface area (Å²) < 4.78 is 5.03. The monoisotopic (exact) mass is 270 g/mol. The molecule has 1 rings (SSSR count). The predicted molar refractivity (Wildman–Crippen MR) is 77.7 cm³/mol. The van der Waals surface area contributed by atoms with Crippen LogP contribution < -0.4 is 4.90 Å². The number of hydrogen-bond acceptors (Lipinski definition) is 3. The number of hydrogen-bond donors (Lipinski definition) is 0. The van der Waals surface area contributed by atoms with Gasteiger partial charge in [-0.15, -0.1) is 11.6 Å². The summed E-state index contributed by atoms with van der Waals surface area (Å²) in [5.74, 6) is 0.935. The first-order valence-electron chi connectivity index (χ1n) is 6.15. The van der Waals surface area contributed by atoms with Gasteiger partial charge in [0.15, 0.2) is 0 Å². The molecule has 0 saturated carbocycles. The second-order valence-corrected chi connectivity index (χ2v) is 6.21. The van der Waals surface area contributed by atoms with E-state index in [2.05, 4.69) is 31.8 Å². The normalized spacial score (nSPS) is 13.4. The Kier molecular flexibility index (Phi) is 5.42. The van der Waals surface area contributed by atoms with Gasteiger partial charge in [0, 0.05) is 26.9 Å². The smallest absolute Gasteiger partial charge is 0.128 e. The fraction of sp³-hybridized carbons (Fsp3) is 0.643. The van der Waals surface area contributed by atoms with Crippen LogP contribution >= 0.6 is 11.6 Å². The molecule has 0 aromatic carbocycles. The summed E-state index contributed by atoms with van der Waals surface area (Å²) in [4.78, 5) is 6.53. The van der Waals surface area contributed by atoms with Crippen LogP contribution in [0.25, 0.3) is 0 Å². The van der Waals surface area contributed by atoms with E-state index in [1.54, 1.807) is 7.11 Å². The minimum Gasteiger partial charge on any atom is -0.383 e. The Bertz CT molecular complexity index is 359. The highest BCUT2D eigenvalue weighted by Crippen LogP contribution is 2.22. The second-order valence-electron chi connectivity index (χ2n) is 5.59. The molecule has 0 N–H and O–H groups in total. The van der Waals surface area contributed by atoms with Gasteiger partial charge in [0.2, 0.25) is 0 Å². The maximum absolute atomic E-state index is 6.14. The predicted octanol–water partition coefficient (Wildman–Crippen LogP) is 3.07. The van der Waals surface area contributed by atoms with Crippen LogP contribution in [0.4, 0.5) is 5.82 Å². The standard InChI is InChI=1S/C14H23ClN2O/c1-14(2,3)11-6-7-13(16-8-11)17(4)9-12(15)10-18-5/h6-8,12H,9-10H2,1-5H3. The van der Waals surface area contributed by atoms with E-state index in [0.29, 0.717) is 6.61 Å². The van der Waals surface area contributed by atoms with Gasteiger partial charge in [0.25, 0.3) is 0 Å². The highest BCUT2D eigenvalue weighted by Gasteiger charge is 2.15. The molecule has 0 amide bonds. The van der Waals surface area contributed by atoms with Crippen LogP contribution in [-0.2, 0) is 10.2 Å². The maximum Gasteiger partial charge on any atom is 0.128 e. The van der Waals surface area contributed by atoms with Crippen molar-refractivity contribution in [1.82, 2.24) is 4.98 Å². The Hall–Kier alpha value is -0.800. The largest absolute Gasteiger partial charge is 0.383 e. The molecule has 1 unspecified atom stereocenters. The molecule has 0 radical (unpaired) electrons. The summed E-state index contributed by atoms with van der Waals surface area (Å²) in [5.41, 5.74) is 1.37. The number of nitrogens with zero attached hydrogens (tertiary/aromatic N) is 2. The van der Waals surface area contributed by atoms with E-state index in [-0.39, 0.29) is 10.8 Å². The van der Waals surface area contributed by atoms with Gasteiger partial charge < -0.3 is 9.64 Å². The lowest BCUT2D eigenvalue weighted by molar-refractivity contribution is 0.199. The summed E-state index contributed by atoms with van der Waals surface area (Å²) in [6.45, 7) is 7.81. The minimum absolute atomic E-state index is 0.0240. The van der Waals surface area contributed by atoms with E-state index in [1.165, 1.54) is 5.56 Å². The number of ether oxygens (including phenoxy) is 1. The molecule has 1 heterocycles. The van der Waals surface area contributed by atoms with Crippen LogP contribution in [0.15, 0.2) is 18.3 Å². The van der Waals surface area contributed by atoms with Crippen LogP contribution in [0.5, 0.6) is 0 Å². The van der Waals surface area contributed by atoms with Gasteiger partial charge in [-0.05, 0) is 17.0 Å². The number of anilines is 1. The van der Waals surface area contributed by atoms with Gasteiger partial charge in [-0.1, -0.05) is 26.8 Å². The van der Waals surface area contributed by atoms with Crippen molar-refractivity contribution in [1.29, 1.82) is 0 Å². The number of methoxy groups -OCH3 is 1. The van der Waals surface area contributed by atoms with Gasteiger partial charge >= 0.3 is 0 Å². The molecule has 4 heteroatoms. The molecule has 0 aliphatic carbocycles. The zero-order chi connectivity index (χ0) is 13.8. The zero-order valence-corrected chi connectivity index (χ0v) is 12.7. The first kappa shape index (κ1) is 15.3. The molecule has 1 atom stereocenters. The van der Waals surface area contributed by atoms with E-state index >= 15 is 0 Å². The Labute approximate surface area is 115 Å². The third kappa shape index (κ3) is 4.46. The minimum atomic E-state index is -0.0240. The molecule has 18 heavy (non-hydrogen) atoms. The Balaban J connectivity index is 2.67. The molecule has 1 aromatic rings. The Morgan fingerprint density at radius 2 is 2.06 bits per heavy atom. The van der Waals surface area contributed by atoms with Crippen LogP contribution in [0.1, 0.15) is 26.3 Å². The van der Waals surface area contributed by atoms with E-state index in [9.17, 15) is 0 Å². The quantitative estimate of drug-likeness (QED) is 0.769. The zero-order valence-electron chi connectivity index (χ0n) is 11.9. The summed E-state index contributed by atoms with van der Waals surface area (Å²) in [6, 6.07) is 4.16. The van der Waals surface area contributed by atoms with E-state index in [1.807, 2.05) is 24.2 Å². The van der Waals surface area contributed by atoms with Crippen molar-refractivity contribution in [3.05, 3.63) is 23.9 Å². The Morgan fingerprint density at radius 1 is 1.39 bits per heavy atom. The lowest BCUT2D eigenvalue weighted by Crippen LogP contribution is -2.29. The average Bonchev–Trinajstić information content (AvgIpc) is 2.28. The van der Waals surface area contributed by atoms with Gasteiger partial charge in [0.05, 0.1) is 12.0 Å². The number of rotatable bonds is 5. The van der Waals surface area contributed by atoms with Crippen LogP contribution in [-0.4, -0.2) is 37.7 Å². The van der Waals surface area contributed by atoms with Crippen LogP contribution in [0.3, 0.4) is 0 Å². The van der Waals surface area contributed by atoms with Crippen LogP contribution in [0.2, 0.25) is 0 Å². The lowest BCUT2D eigenvalue weighted by atomic mass is 9.88. The first-order chi connectivity index (χ1) is 8.34. The molecular formula is C14H23ClN2O. The highest BCUT2D eigenvalue weighted by atomic mass is 35.5. The van der Waals surface area contributed by atoms with Crippen molar-refractivity contribution < 1.29 is 4.74 Å². The summed E-state index contributed by atoms with van der Waals surface area (Å²) in [6.07, 6.45) is 1.94. The van der Waals surface area contributed by atoms with Crippen molar-refractivity contribution >= 4 is 17.4 Å². The molecule has 0 spiro atoms. The van der Waals surface area contributed by atoms with Crippen molar-refractivity contribution in [2.24, 2.45) is 0 Å². The SMILES string of the molecule is COCC(Cl)CN(C)c1ccc(C(C)(C)C)cn1. The van der Waals surface area contributed by atoms with Crippen molar-refractivity contribution in [3.8, 4) is 0 Å². The van der Waals surface area contributed by atoms with E-state index < -0.39 is 0 Å². The average molecular weight is 271 g/mol. The summed E-state index contributed by atoms with van der Waals surface area (Å²) in [7, 11) is 3.65. The fourth-order valence-electron chi connectivity index (χ4n) is 1.68. The molecular weight excluding hydrogens is 248 g/mol. The van der Waals surface area contributed by atoms with E-state index in [4.69, 9.17) is 16.3 Å². The van der Waals surface area contributed by atoms with E-state index in [0.717, 1.165) is 12.4 Å². The topological polar surface area (TPSA) is 25.4 Å². The van der Waals surface area contributed by atoms with Crippen molar-refractivity contribution in [3.63, 3.8) is 0 Å². The van der Waals surface area contributed by atoms with Crippen LogP contribution in [0, 0.1) is 0 Å². The van der Waals surface area contributed by atoms with Crippen molar-refractivity contribution in [2.45, 2.75) is 31.6 Å². The first-order valence-corrected chi connectivity index (χ1v) is 6.59. The third-order valence-electron chi connectivity index (χ3n) is 2.82. The van der Waals surface area contributed by atoms with Gasteiger partial charge in [-0.2, -0.15) is 0 Å². The number of halogens is 1. The fourth-order valence-corrected chi connectivity index (χ4v) is 2.01. The van der Waals surface area contributed by atoms with Gasteiger partial charge in [-0.25, -0.2) is 4.98 Å².